The number of aliphatic hydroxyl groups is 1. The predicted octanol–water partition coefficient (Wildman–Crippen LogP) is 5.72. The van der Waals surface area contributed by atoms with Crippen molar-refractivity contribution < 1.29 is 24.1 Å². The zero-order valence-electron chi connectivity index (χ0n) is 19.8. The Balaban J connectivity index is 2.02. The normalized spacial score (nSPS) is 10.6. The number of methoxy groups -OCH3 is 3. The van der Waals surface area contributed by atoms with Crippen molar-refractivity contribution in [3.05, 3.63) is 71.3 Å². The van der Waals surface area contributed by atoms with E-state index in [4.69, 9.17) is 18.9 Å². The van der Waals surface area contributed by atoms with Gasteiger partial charge in [0, 0.05) is 23.0 Å². The van der Waals surface area contributed by atoms with Crippen LogP contribution in [0.4, 0.5) is 11.4 Å². The van der Waals surface area contributed by atoms with Gasteiger partial charge in [0.1, 0.15) is 11.5 Å². The lowest BCUT2D eigenvalue weighted by Gasteiger charge is -2.19. The van der Waals surface area contributed by atoms with Crippen LogP contribution in [0.5, 0.6) is 23.0 Å². The largest absolute Gasteiger partial charge is 0.497 e. The number of hydrogen-bond donors (Lipinski definition) is 2. The van der Waals surface area contributed by atoms with Gasteiger partial charge in [-0.25, -0.2) is 0 Å². The van der Waals surface area contributed by atoms with E-state index in [9.17, 15) is 5.11 Å². The predicted molar refractivity (Wildman–Crippen MR) is 131 cm³/mol. The second-order valence-corrected chi connectivity index (χ2v) is 7.70. The maximum absolute atomic E-state index is 9.89. The van der Waals surface area contributed by atoms with Crippen LogP contribution in [-0.2, 0) is 13.0 Å². The van der Waals surface area contributed by atoms with Crippen molar-refractivity contribution in [3.63, 3.8) is 0 Å². The zero-order valence-corrected chi connectivity index (χ0v) is 19.8. The molecule has 0 aliphatic rings. The fraction of sp³-hybridized carbons (Fsp3) is 0.333. The number of nitrogens with one attached hydrogen (secondary N) is 1. The Labute approximate surface area is 196 Å². The number of hydrogen-bond acceptors (Lipinski definition) is 6. The second kappa shape index (κ2) is 12.0. The van der Waals surface area contributed by atoms with Gasteiger partial charge in [-0.1, -0.05) is 25.5 Å². The van der Waals surface area contributed by atoms with Crippen LogP contribution < -0.4 is 24.3 Å². The third-order valence-electron chi connectivity index (χ3n) is 5.43. The molecule has 0 saturated carbocycles. The molecule has 6 heteroatoms. The van der Waals surface area contributed by atoms with E-state index >= 15 is 0 Å². The zero-order chi connectivity index (χ0) is 23.6. The van der Waals surface area contributed by atoms with E-state index in [1.807, 2.05) is 48.5 Å². The van der Waals surface area contributed by atoms with E-state index in [1.54, 1.807) is 21.3 Å². The van der Waals surface area contributed by atoms with Crippen molar-refractivity contribution in [1.29, 1.82) is 0 Å². The Kier molecular flexibility index (Phi) is 8.84. The van der Waals surface area contributed by atoms with Crippen LogP contribution in [0.25, 0.3) is 0 Å². The monoisotopic (exact) mass is 451 g/mol. The number of benzene rings is 3. The molecule has 3 aromatic carbocycles. The van der Waals surface area contributed by atoms with Gasteiger partial charge >= 0.3 is 0 Å². The van der Waals surface area contributed by atoms with Crippen molar-refractivity contribution in [3.8, 4) is 23.0 Å². The molecule has 2 N–H and O–H groups in total. The number of rotatable bonds is 12. The first-order valence-electron chi connectivity index (χ1n) is 11.1. The first-order chi connectivity index (χ1) is 16.1. The van der Waals surface area contributed by atoms with E-state index in [-0.39, 0.29) is 6.61 Å². The summed E-state index contributed by atoms with van der Waals surface area (Å²) in [6, 6.07) is 17.6. The fourth-order valence-corrected chi connectivity index (χ4v) is 3.56. The molecule has 6 nitrogen and oxygen atoms in total. The summed E-state index contributed by atoms with van der Waals surface area (Å²) < 4.78 is 22.4. The van der Waals surface area contributed by atoms with Gasteiger partial charge in [-0.15, -0.1) is 0 Å². The minimum atomic E-state index is -0.111. The molecule has 0 aliphatic carbocycles. The molecule has 0 unspecified atom stereocenters. The number of ether oxygens (including phenoxy) is 4. The van der Waals surface area contributed by atoms with Crippen LogP contribution >= 0.6 is 0 Å². The van der Waals surface area contributed by atoms with E-state index < -0.39 is 0 Å². The quantitative estimate of drug-likeness (QED) is 0.343. The average Bonchev–Trinajstić information content (AvgIpc) is 2.85. The van der Waals surface area contributed by atoms with Crippen molar-refractivity contribution in [2.24, 2.45) is 0 Å². The molecule has 176 valence electrons. The van der Waals surface area contributed by atoms with Crippen LogP contribution in [0.15, 0.2) is 54.6 Å². The second-order valence-electron chi connectivity index (χ2n) is 7.70. The van der Waals surface area contributed by atoms with Gasteiger partial charge in [0.05, 0.1) is 34.5 Å². The van der Waals surface area contributed by atoms with Crippen molar-refractivity contribution in [1.82, 2.24) is 0 Å². The van der Waals surface area contributed by atoms with E-state index in [2.05, 4.69) is 18.3 Å². The van der Waals surface area contributed by atoms with Crippen LogP contribution in [-0.4, -0.2) is 33.0 Å². The molecule has 0 aliphatic heterocycles. The minimum Gasteiger partial charge on any atom is -0.497 e. The first kappa shape index (κ1) is 24.3. The topological polar surface area (TPSA) is 69.2 Å². The van der Waals surface area contributed by atoms with Crippen LogP contribution in [0.2, 0.25) is 0 Å². The highest BCUT2D eigenvalue weighted by Gasteiger charge is 2.15. The van der Waals surface area contributed by atoms with Gasteiger partial charge in [0.15, 0.2) is 11.5 Å². The molecule has 0 spiro atoms. The van der Waals surface area contributed by atoms with Crippen LogP contribution in [0, 0.1) is 0 Å². The molecular weight excluding hydrogens is 418 g/mol. The van der Waals surface area contributed by atoms with Crippen molar-refractivity contribution >= 4 is 11.4 Å². The van der Waals surface area contributed by atoms with E-state index in [1.165, 1.54) is 0 Å². The Bertz CT molecular complexity index is 1050. The van der Waals surface area contributed by atoms with Gasteiger partial charge in [0.2, 0.25) is 0 Å². The Hall–Kier alpha value is -3.38. The lowest BCUT2D eigenvalue weighted by molar-refractivity contribution is 0.281. The summed E-state index contributed by atoms with van der Waals surface area (Å²) in [5.41, 5.74) is 4.56. The molecule has 0 amide bonds. The highest BCUT2D eigenvalue weighted by atomic mass is 16.5. The van der Waals surface area contributed by atoms with Gasteiger partial charge in [-0.05, 0) is 60.4 Å². The van der Waals surface area contributed by atoms with Crippen LogP contribution in [0.1, 0.15) is 36.5 Å². The lowest BCUT2D eigenvalue weighted by atomic mass is 10.0. The van der Waals surface area contributed by atoms with Gasteiger partial charge in [0.25, 0.3) is 0 Å². The Morgan fingerprint density at radius 2 is 1.58 bits per heavy atom. The number of unbranched alkanes of at least 4 members (excludes halogenated alkanes) is 1. The molecule has 3 aromatic rings. The third-order valence-corrected chi connectivity index (χ3v) is 5.43. The summed E-state index contributed by atoms with van der Waals surface area (Å²) in [6.45, 7) is 2.65. The standard InChI is InChI=1S/C27H33NO5/c1-5-6-12-33-27-16-20(13-19-8-7-9-22(14-19)30-2)25(17-26(27)32-4)28-24-11-10-23(31-3)15-21(24)18-29/h7-11,14-17,28-29H,5-6,12-13,18H2,1-4H3. The highest BCUT2D eigenvalue weighted by Crippen LogP contribution is 2.37. The van der Waals surface area contributed by atoms with E-state index in [0.717, 1.165) is 46.7 Å². The molecular formula is C27H33NO5. The summed E-state index contributed by atoms with van der Waals surface area (Å²) in [5, 5.41) is 13.4. The number of aliphatic hydroxyl groups excluding tert-OH is 1. The Morgan fingerprint density at radius 3 is 2.27 bits per heavy atom. The van der Waals surface area contributed by atoms with Gasteiger partial charge < -0.3 is 29.4 Å². The minimum absolute atomic E-state index is 0.111. The SMILES string of the molecule is CCCCOc1cc(Cc2cccc(OC)c2)c(Nc2ccc(OC)cc2CO)cc1OC. The summed E-state index contributed by atoms with van der Waals surface area (Å²) in [7, 11) is 4.91. The molecule has 33 heavy (non-hydrogen) atoms. The molecule has 0 bridgehead atoms. The molecule has 3 rings (SSSR count). The molecule has 0 atom stereocenters. The fourth-order valence-electron chi connectivity index (χ4n) is 3.56. The van der Waals surface area contributed by atoms with E-state index in [0.29, 0.717) is 30.3 Å². The molecule has 0 saturated heterocycles. The Morgan fingerprint density at radius 1 is 0.788 bits per heavy atom. The first-order valence-corrected chi connectivity index (χ1v) is 11.1. The van der Waals surface area contributed by atoms with Gasteiger partial charge in [-0.2, -0.15) is 0 Å². The molecule has 0 heterocycles. The summed E-state index contributed by atoms with van der Waals surface area (Å²) in [6.07, 6.45) is 2.69. The third kappa shape index (κ3) is 6.33. The maximum atomic E-state index is 9.89. The summed E-state index contributed by atoms with van der Waals surface area (Å²) >= 11 is 0. The summed E-state index contributed by atoms with van der Waals surface area (Å²) in [5.74, 6) is 2.87. The molecule has 0 radical (unpaired) electrons. The smallest absolute Gasteiger partial charge is 0.162 e. The molecule has 0 fully saturated rings. The van der Waals surface area contributed by atoms with Crippen molar-refractivity contribution in [2.45, 2.75) is 32.8 Å². The highest BCUT2D eigenvalue weighted by molar-refractivity contribution is 5.70. The lowest BCUT2D eigenvalue weighted by Crippen LogP contribution is -2.04. The van der Waals surface area contributed by atoms with Crippen molar-refractivity contribution in [2.75, 3.05) is 33.3 Å². The average molecular weight is 452 g/mol. The number of anilines is 2. The van der Waals surface area contributed by atoms with Crippen LogP contribution in [0.3, 0.4) is 0 Å². The maximum Gasteiger partial charge on any atom is 0.162 e. The molecule has 0 aromatic heterocycles. The van der Waals surface area contributed by atoms with Gasteiger partial charge in [-0.3, -0.25) is 0 Å². The summed E-state index contributed by atoms with van der Waals surface area (Å²) in [4.78, 5) is 0.